The first-order chi connectivity index (χ1) is 13.0. The minimum absolute atomic E-state index is 0.0519. The lowest BCUT2D eigenvalue weighted by molar-refractivity contribution is -0.146. The van der Waals surface area contributed by atoms with Gasteiger partial charge in [-0.2, -0.15) is 0 Å². The molecular weight excluding hydrogens is 340 g/mol. The Hall–Kier alpha value is -1.88. The third kappa shape index (κ3) is 5.32. The summed E-state index contributed by atoms with van der Waals surface area (Å²) in [5.74, 6) is 0.332. The Labute approximate surface area is 162 Å². The second-order valence-corrected chi connectivity index (χ2v) is 8.33. The van der Waals surface area contributed by atoms with Gasteiger partial charge in [-0.1, -0.05) is 30.3 Å². The van der Waals surface area contributed by atoms with Crippen LogP contribution in [0.1, 0.15) is 45.1 Å². The molecule has 1 spiro atoms. The van der Waals surface area contributed by atoms with Crippen molar-refractivity contribution in [3.05, 3.63) is 35.9 Å². The van der Waals surface area contributed by atoms with E-state index in [4.69, 9.17) is 4.74 Å². The first kappa shape index (κ1) is 19.9. The summed E-state index contributed by atoms with van der Waals surface area (Å²) in [6, 6.07) is 10.3. The predicted molar refractivity (Wildman–Crippen MR) is 105 cm³/mol. The van der Waals surface area contributed by atoms with Crippen LogP contribution < -0.4 is 0 Å². The van der Waals surface area contributed by atoms with E-state index < -0.39 is 0 Å². The smallest absolute Gasteiger partial charge is 0.248 e. The van der Waals surface area contributed by atoms with Crippen molar-refractivity contribution in [2.45, 2.75) is 52.1 Å². The van der Waals surface area contributed by atoms with E-state index in [0.717, 1.165) is 51.9 Å². The Morgan fingerprint density at radius 3 is 2.70 bits per heavy atom. The molecule has 3 rings (SSSR count). The second-order valence-electron chi connectivity index (χ2n) is 8.33. The second kappa shape index (κ2) is 8.87. The molecular formula is C22H32N2O3. The highest BCUT2D eigenvalue weighted by molar-refractivity contribution is 5.78. The maximum absolute atomic E-state index is 12.5. The number of ether oxygens (including phenoxy) is 1. The number of piperidine rings is 2. The van der Waals surface area contributed by atoms with Gasteiger partial charge in [0.25, 0.3) is 0 Å². The van der Waals surface area contributed by atoms with E-state index in [0.29, 0.717) is 6.42 Å². The summed E-state index contributed by atoms with van der Waals surface area (Å²) in [6.45, 7) is 7.14. The fourth-order valence-corrected chi connectivity index (χ4v) is 4.30. The first-order valence-corrected chi connectivity index (χ1v) is 10.2. The van der Waals surface area contributed by atoms with Gasteiger partial charge in [-0.25, -0.2) is 0 Å². The van der Waals surface area contributed by atoms with Crippen molar-refractivity contribution in [1.82, 2.24) is 9.80 Å². The van der Waals surface area contributed by atoms with Crippen molar-refractivity contribution < 1.29 is 14.3 Å². The molecule has 0 aromatic heterocycles. The van der Waals surface area contributed by atoms with E-state index in [9.17, 15) is 9.59 Å². The minimum atomic E-state index is 0.0519. The molecule has 2 saturated heterocycles. The van der Waals surface area contributed by atoms with E-state index in [1.54, 1.807) is 0 Å². The van der Waals surface area contributed by atoms with Crippen molar-refractivity contribution >= 4 is 11.8 Å². The van der Waals surface area contributed by atoms with Gasteiger partial charge in [0.05, 0.1) is 6.10 Å². The fraction of sp³-hybridized carbons (Fsp3) is 0.636. The summed E-state index contributed by atoms with van der Waals surface area (Å²) in [7, 11) is 0. The third-order valence-corrected chi connectivity index (χ3v) is 5.82. The maximum atomic E-state index is 12.5. The number of amides is 2. The molecule has 148 valence electrons. The molecule has 5 nitrogen and oxygen atoms in total. The molecule has 0 bridgehead atoms. The first-order valence-electron chi connectivity index (χ1n) is 10.2. The van der Waals surface area contributed by atoms with Gasteiger partial charge in [-0.3, -0.25) is 9.59 Å². The highest BCUT2D eigenvalue weighted by Gasteiger charge is 2.42. The molecule has 0 radical (unpaired) electrons. The lowest BCUT2D eigenvalue weighted by Gasteiger charge is -2.48. The van der Waals surface area contributed by atoms with Crippen LogP contribution in [0.25, 0.3) is 0 Å². The summed E-state index contributed by atoms with van der Waals surface area (Å²) >= 11 is 0. The predicted octanol–water partition coefficient (Wildman–Crippen LogP) is 2.89. The number of nitrogens with zero attached hydrogens (tertiary/aromatic N) is 2. The molecule has 0 unspecified atom stereocenters. The number of benzene rings is 1. The standard InChI is InChI=1S/C22H32N2O3/c1-18(2)27-15-21(26)23-13-6-11-22(16-23)12-9-20(25)24(17-22)14-10-19-7-4-3-5-8-19/h3-5,7-8,18H,6,9-17H2,1-2H3/t22-/m0/s1. The van der Waals surface area contributed by atoms with Crippen LogP contribution in [0, 0.1) is 5.41 Å². The van der Waals surface area contributed by atoms with Crippen LogP contribution in [0.15, 0.2) is 30.3 Å². The van der Waals surface area contributed by atoms with Crippen molar-refractivity contribution in [3.8, 4) is 0 Å². The zero-order valence-corrected chi connectivity index (χ0v) is 16.7. The van der Waals surface area contributed by atoms with Gasteiger partial charge in [0.1, 0.15) is 6.61 Å². The summed E-state index contributed by atoms with van der Waals surface area (Å²) in [4.78, 5) is 28.9. The van der Waals surface area contributed by atoms with E-state index >= 15 is 0 Å². The number of likely N-dealkylation sites (tertiary alicyclic amines) is 2. The van der Waals surface area contributed by atoms with Crippen molar-refractivity contribution in [1.29, 1.82) is 0 Å². The van der Waals surface area contributed by atoms with Gasteiger partial charge < -0.3 is 14.5 Å². The molecule has 0 N–H and O–H groups in total. The lowest BCUT2D eigenvalue weighted by Crippen LogP contribution is -2.55. The van der Waals surface area contributed by atoms with Gasteiger partial charge in [0.15, 0.2) is 0 Å². The monoisotopic (exact) mass is 372 g/mol. The van der Waals surface area contributed by atoms with E-state index in [1.807, 2.05) is 41.8 Å². The SMILES string of the molecule is CC(C)OCC(=O)N1CCC[C@]2(CCC(=O)N(CCc3ccccc3)C2)C1. The van der Waals surface area contributed by atoms with Gasteiger partial charge >= 0.3 is 0 Å². The van der Waals surface area contributed by atoms with Crippen LogP contribution in [0.4, 0.5) is 0 Å². The summed E-state index contributed by atoms with van der Waals surface area (Å²) in [5.41, 5.74) is 1.31. The third-order valence-electron chi connectivity index (χ3n) is 5.82. The molecule has 2 amide bonds. The van der Waals surface area contributed by atoms with Crippen LogP contribution in [-0.2, 0) is 20.7 Å². The Kier molecular flexibility index (Phi) is 6.53. The number of carbonyl (C=O) groups is 2. The average molecular weight is 373 g/mol. The molecule has 0 saturated carbocycles. The average Bonchev–Trinajstić information content (AvgIpc) is 2.68. The van der Waals surface area contributed by atoms with E-state index in [1.165, 1.54) is 5.56 Å². The van der Waals surface area contributed by atoms with Crippen LogP contribution in [0.3, 0.4) is 0 Å². The lowest BCUT2D eigenvalue weighted by atomic mass is 9.73. The summed E-state index contributed by atoms with van der Waals surface area (Å²) in [6.07, 6.45) is 4.54. The van der Waals surface area contributed by atoms with Crippen molar-refractivity contribution in [3.63, 3.8) is 0 Å². The van der Waals surface area contributed by atoms with Crippen LogP contribution in [0.2, 0.25) is 0 Å². The van der Waals surface area contributed by atoms with Crippen molar-refractivity contribution in [2.24, 2.45) is 5.41 Å². The Bertz CT molecular complexity index is 646. The number of hydrogen-bond acceptors (Lipinski definition) is 3. The molecule has 2 heterocycles. The Balaban J connectivity index is 1.59. The van der Waals surface area contributed by atoms with Crippen LogP contribution >= 0.6 is 0 Å². The molecule has 2 aliphatic rings. The van der Waals surface area contributed by atoms with Crippen LogP contribution in [0.5, 0.6) is 0 Å². The van der Waals surface area contributed by atoms with Gasteiger partial charge in [-0.15, -0.1) is 0 Å². The van der Waals surface area contributed by atoms with Crippen LogP contribution in [-0.4, -0.2) is 60.5 Å². The largest absolute Gasteiger partial charge is 0.369 e. The normalized spacial score (nSPS) is 23.3. The molecule has 2 fully saturated rings. The highest BCUT2D eigenvalue weighted by Crippen LogP contribution is 2.39. The molecule has 1 aromatic carbocycles. The summed E-state index contributed by atoms with van der Waals surface area (Å²) < 4.78 is 5.50. The molecule has 27 heavy (non-hydrogen) atoms. The number of hydrogen-bond donors (Lipinski definition) is 0. The minimum Gasteiger partial charge on any atom is -0.369 e. The number of carbonyl (C=O) groups excluding carboxylic acids is 2. The molecule has 1 atom stereocenters. The molecule has 5 heteroatoms. The zero-order chi connectivity index (χ0) is 19.3. The number of rotatable bonds is 6. The highest BCUT2D eigenvalue weighted by atomic mass is 16.5. The maximum Gasteiger partial charge on any atom is 0.248 e. The molecule has 1 aromatic rings. The van der Waals surface area contributed by atoms with Gasteiger partial charge in [0, 0.05) is 38.0 Å². The zero-order valence-electron chi connectivity index (χ0n) is 16.7. The molecule has 0 aliphatic carbocycles. The van der Waals surface area contributed by atoms with E-state index in [2.05, 4.69) is 12.1 Å². The summed E-state index contributed by atoms with van der Waals surface area (Å²) in [5, 5.41) is 0. The molecule has 2 aliphatic heterocycles. The Morgan fingerprint density at radius 2 is 1.96 bits per heavy atom. The van der Waals surface area contributed by atoms with Crippen molar-refractivity contribution in [2.75, 3.05) is 32.8 Å². The van der Waals surface area contributed by atoms with Gasteiger partial charge in [-0.05, 0) is 45.1 Å². The quantitative estimate of drug-likeness (QED) is 0.771. The fourth-order valence-electron chi connectivity index (χ4n) is 4.30. The van der Waals surface area contributed by atoms with Gasteiger partial charge in [0.2, 0.25) is 11.8 Å². The Morgan fingerprint density at radius 1 is 1.19 bits per heavy atom. The van der Waals surface area contributed by atoms with E-state index in [-0.39, 0.29) is 29.9 Å². The topological polar surface area (TPSA) is 49.9 Å².